The third kappa shape index (κ3) is 8.51. The number of imide groups is 1. The molecule has 9 heteroatoms. The van der Waals surface area contributed by atoms with Crippen molar-refractivity contribution in [1.29, 1.82) is 0 Å². The fourth-order valence-corrected chi connectivity index (χ4v) is 3.62. The van der Waals surface area contributed by atoms with Crippen LogP contribution in [0.2, 0.25) is 0 Å². The minimum Gasteiger partial charge on any atom is -0.444 e. The molecule has 1 N–H and O–H groups in total. The van der Waals surface area contributed by atoms with Gasteiger partial charge in [0, 0.05) is 39.2 Å². The quantitative estimate of drug-likeness (QED) is 0.402. The molecule has 1 unspecified atom stereocenters. The molecule has 1 fully saturated rings. The highest BCUT2D eigenvalue weighted by Gasteiger charge is 2.33. The van der Waals surface area contributed by atoms with E-state index in [4.69, 9.17) is 9.47 Å². The number of benzene rings is 1. The average molecular weight is 488 g/mol. The summed E-state index contributed by atoms with van der Waals surface area (Å²) in [4.78, 5) is 51.6. The summed E-state index contributed by atoms with van der Waals surface area (Å²) < 4.78 is 11.0. The van der Waals surface area contributed by atoms with Gasteiger partial charge in [-0.1, -0.05) is 24.8 Å². The van der Waals surface area contributed by atoms with Gasteiger partial charge in [0.15, 0.2) is 0 Å². The highest BCUT2D eigenvalue weighted by atomic mass is 16.6. The van der Waals surface area contributed by atoms with Crippen molar-refractivity contribution in [2.24, 2.45) is 0 Å². The zero-order valence-electron chi connectivity index (χ0n) is 21.4. The molecule has 9 nitrogen and oxygen atoms in total. The topological polar surface area (TPSA) is 105 Å². The number of aryl methyl sites for hydroxylation is 1. The van der Waals surface area contributed by atoms with Crippen molar-refractivity contribution in [2.45, 2.75) is 58.1 Å². The first-order valence-electron chi connectivity index (χ1n) is 11.8. The molecule has 1 aliphatic rings. The van der Waals surface area contributed by atoms with Crippen LogP contribution in [0.4, 0.5) is 4.79 Å². The molecule has 0 aromatic heterocycles. The van der Waals surface area contributed by atoms with Crippen LogP contribution in [0.1, 0.15) is 61.5 Å². The standard InChI is InChI=1S/C26H37N3O6/c1-7-19-11-10-18(9-8-15-34-16-14-28(5)25(33)35-26(2,3)4)17-20(19)24(32)29(6)21-12-13-22(30)27-23(21)31/h7,10-11,17,21H,1,8-9,12-16H2,2-6H3,(H,27,30,31). The molecule has 1 heterocycles. The van der Waals surface area contributed by atoms with E-state index in [0.29, 0.717) is 43.7 Å². The predicted molar refractivity (Wildman–Crippen MR) is 133 cm³/mol. The molecule has 1 atom stereocenters. The van der Waals surface area contributed by atoms with Gasteiger partial charge in [0.2, 0.25) is 11.8 Å². The Morgan fingerprint density at radius 3 is 2.54 bits per heavy atom. The first-order chi connectivity index (χ1) is 16.4. The van der Waals surface area contributed by atoms with Gasteiger partial charge in [-0.15, -0.1) is 0 Å². The van der Waals surface area contributed by atoms with Crippen LogP contribution in [0.25, 0.3) is 6.08 Å². The number of hydrogen-bond donors (Lipinski definition) is 1. The van der Waals surface area contributed by atoms with Crippen LogP contribution in [0.5, 0.6) is 0 Å². The molecule has 1 aliphatic heterocycles. The predicted octanol–water partition coefficient (Wildman–Crippen LogP) is 3.02. The van der Waals surface area contributed by atoms with Gasteiger partial charge >= 0.3 is 6.09 Å². The van der Waals surface area contributed by atoms with E-state index in [1.54, 1.807) is 20.2 Å². The Morgan fingerprint density at radius 2 is 1.91 bits per heavy atom. The first-order valence-corrected chi connectivity index (χ1v) is 11.8. The molecule has 192 valence electrons. The summed E-state index contributed by atoms with van der Waals surface area (Å²) in [5.74, 6) is -1.07. The van der Waals surface area contributed by atoms with Gasteiger partial charge in [-0.25, -0.2) is 4.79 Å². The lowest BCUT2D eigenvalue weighted by Gasteiger charge is -2.30. The van der Waals surface area contributed by atoms with E-state index in [0.717, 1.165) is 12.0 Å². The Bertz CT molecular complexity index is 953. The third-order valence-electron chi connectivity index (χ3n) is 5.60. The monoisotopic (exact) mass is 487 g/mol. The smallest absolute Gasteiger partial charge is 0.410 e. The van der Waals surface area contributed by atoms with Gasteiger partial charge in [0.1, 0.15) is 11.6 Å². The van der Waals surface area contributed by atoms with Crippen LogP contribution in [0.15, 0.2) is 24.8 Å². The zero-order valence-corrected chi connectivity index (χ0v) is 21.4. The molecule has 1 aromatic carbocycles. The van der Waals surface area contributed by atoms with E-state index in [9.17, 15) is 19.2 Å². The summed E-state index contributed by atoms with van der Waals surface area (Å²) in [6.07, 6.45) is 3.16. The number of amides is 4. The van der Waals surface area contributed by atoms with E-state index in [1.165, 1.54) is 9.80 Å². The van der Waals surface area contributed by atoms with Crippen molar-refractivity contribution < 1.29 is 28.7 Å². The van der Waals surface area contributed by atoms with Gasteiger partial charge in [0.05, 0.1) is 6.61 Å². The minimum absolute atomic E-state index is 0.204. The maximum atomic E-state index is 13.2. The number of nitrogens with one attached hydrogen (secondary N) is 1. The molecule has 0 spiro atoms. The van der Waals surface area contributed by atoms with Gasteiger partial charge in [0.25, 0.3) is 5.91 Å². The molecule has 0 radical (unpaired) electrons. The van der Waals surface area contributed by atoms with E-state index >= 15 is 0 Å². The summed E-state index contributed by atoms with van der Waals surface area (Å²) in [7, 11) is 3.24. The van der Waals surface area contributed by atoms with Crippen molar-refractivity contribution in [3.63, 3.8) is 0 Å². The SMILES string of the molecule is C=Cc1ccc(CCCOCCN(C)C(=O)OC(C)(C)C)cc1C(=O)N(C)C1CCC(=O)NC1=O. The second-order valence-corrected chi connectivity index (χ2v) is 9.63. The van der Waals surface area contributed by atoms with Gasteiger partial charge in [-0.05, 0) is 57.2 Å². The van der Waals surface area contributed by atoms with Crippen molar-refractivity contribution >= 4 is 29.9 Å². The first kappa shape index (κ1) is 28.0. The Morgan fingerprint density at radius 1 is 1.20 bits per heavy atom. The van der Waals surface area contributed by atoms with Crippen LogP contribution >= 0.6 is 0 Å². The van der Waals surface area contributed by atoms with Gasteiger partial charge in [-0.3, -0.25) is 19.7 Å². The number of hydrogen-bond acceptors (Lipinski definition) is 6. The number of nitrogens with zero attached hydrogens (tertiary/aromatic N) is 2. The molecule has 1 aromatic rings. The number of piperidine rings is 1. The van der Waals surface area contributed by atoms with Crippen molar-refractivity contribution in [3.05, 3.63) is 41.5 Å². The lowest BCUT2D eigenvalue weighted by Crippen LogP contribution is -2.53. The van der Waals surface area contributed by atoms with Crippen LogP contribution in [0.3, 0.4) is 0 Å². The summed E-state index contributed by atoms with van der Waals surface area (Å²) >= 11 is 0. The molecule has 35 heavy (non-hydrogen) atoms. The fraction of sp³-hybridized carbons (Fsp3) is 0.538. The minimum atomic E-state index is -0.686. The zero-order chi connectivity index (χ0) is 26.2. The Kier molecular flexibility index (Phi) is 10.0. The summed E-state index contributed by atoms with van der Waals surface area (Å²) in [5, 5.41) is 2.29. The second kappa shape index (κ2) is 12.5. The van der Waals surface area contributed by atoms with Crippen LogP contribution < -0.4 is 5.32 Å². The Hall–Kier alpha value is -3.20. The summed E-state index contributed by atoms with van der Waals surface area (Å²) in [6.45, 7) is 10.6. The third-order valence-corrected chi connectivity index (χ3v) is 5.60. The molecule has 0 bridgehead atoms. The average Bonchev–Trinajstić information content (AvgIpc) is 2.79. The fourth-order valence-electron chi connectivity index (χ4n) is 3.62. The molecule has 0 saturated carbocycles. The summed E-state index contributed by atoms with van der Waals surface area (Å²) in [5.41, 5.74) is 1.57. The van der Waals surface area contributed by atoms with E-state index in [-0.39, 0.29) is 24.3 Å². The molecule has 2 rings (SSSR count). The second-order valence-electron chi connectivity index (χ2n) is 9.63. The van der Waals surface area contributed by atoms with Crippen molar-refractivity contribution in [2.75, 3.05) is 33.9 Å². The Balaban J connectivity index is 1.87. The largest absolute Gasteiger partial charge is 0.444 e. The van der Waals surface area contributed by atoms with E-state index < -0.39 is 17.6 Å². The van der Waals surface area contributed by atoms with Crippen molar-refractivity contribution in [3.8, 4) is 0 Å². The number of likely N-dealkylation sites (N-methyl/N-ethyl adjacent to an activating group) is 2. The maximum absolute atomic E-state index is 13.2. The molecule has 1 saturated heterocycles. The van der Waals surface area contributed by atoms with E-state index in [2.05, 4.69) is 11.9 Å². The van der Waals surface area contributed by atoms with E-state index in [1.807, 2.05) is 39.0 Å². The van der Waals surface area contributed by atoms with Gasteiger partial charge < -0.3 is 19.3 Å². The molecular formula is C26H37N3O6. The van der Waals surface area contributed by atoms with Gasteiger partial charge in [-0.2, -0.15) is 0 Å². The van der Waals surface area contributed by atoms with Crippen molar-refractivity contribution in [1.82, 2.24) is 15.1 Å². The van der Waals surface area contributed by atoms with Crippen LogP contribution in [-0.4, -0.2) is 79.1 Å². The number of rotatable bonds is 10. The molecular weight excluding hydrogens is 450 g/mol. The number of carbonyl (C=O) groups excluding carboxylic acids is 4. The lowest BCUT2D eigenvalue weighted by molar-refractivity contribution is -0.136. The lowest BCUT2D eigenvalue weighted by atomic mass is 9.98. The maximum Gasteiger partial charge on any atom is 0.410 e. The highest BCUT2D eigenvalue weighted by molar-refractivity contribution is 6.04. The van der Waals surface area contributed by atoms with Crippen LogP contribution in [0, 0.1) is 0 Å². The highest BCUT2D eigenvalue weighted by Crippen LogP contribution is 2.20. The summed E-state index contributed by atoms with van der Waals surface area (Å²) in [6, 6.07) is 4.91. The van der Waals surface area contributed by atoms with Crippen LogP contribution in [-0.2, 0) is 25.5 Å². The number of ether oxygens (including phenoxy) is 2. The normalized spacial score (nSPS) is 15.9. The Labute approximate surface area is 207 Å². The number of carbonyl (C=O) groups is 4. The molecule has 4 amide bonds. The molecule has 0 aliphatic carbocycles.